The Labute approximate surface area is 175 Å². The van der Waals surface area contributed by atoms with Gasteiger partial charge < -0.3 is 23.8 Å². The molecule has 3 heterocycles. The topological polar surface area (TPSA) is 68.0 Å². The van der Waals surface area contributed by atoms with Crippen LogP contribution in [-0.2, 0) is 20.8 Å². The summed E-state index contributed by atoms with van der Waals surface area (Å²) in [6.07, 6.45) is 2.45. The molecule has 7 nitrogen and oxygen atoms in total. The molecule has 30 heavy (non-hydrogen) atoms. The van der Waals surface area contributed by atoms with Crippen molar-refractivity contribution in [2.24, 2.45) is 0 Å². The zero-order chi connectivity index (χ0) is 20.9. The van der Waals surface area contributed by atoms with Gasteiger partial charge in [-0.25, -0.2) is 4.39 Å². The minimum absolute atomic E-state index is 0.0569. The molecule has 2 saturated heterocycles. The highest BCUT2D eigenvalue weighted by molar-refractivity contribution is 5.77. The van der Waals surface area contributed by atoms with E-state index in [-0.39, 0.29) is 17.8 Å². The first-order valence-electron chi connectivity index (χ1n) is 10.6. The van der Waals surface area contributed by atoms with E-state index < -0.39 is 0 Å². The Bertz CT molecular complexity index is 843. The molecule has 1 aromatic carbocycles. The minimum atomic E-state index is -0.307. The van der Waals surface area contributed by atoms with Crippen LogP contribution in [-0.4, -0.2) is 61.5 Å². The molecule has 2 aromatic rings. The van der Waals surface area contributed by atoms with Crippen LogP contribution in [0.15, 0.2) is 28.8 Å². The van der Waals surface area contributed by atoms with Crippen LogP contribution >= 0.6 is 0 Å². The van der Waals surface area contributed by atoms with E-state index in [1.54, 1.807) is 12.1 Å². The summed E-state index contributed by atoms with van der Waals surface area (Å²) in [4.78, 5) is 16.7. The largest absolute Gasteiger partial charge is 0.378 e. The molecule has 0 saturated carbocycles. The lowest BCUT2D eigenvalue weighted by Gasteiger charge is -2.29. The van der Waals surface area contributed by atoms with Gasteiger partial charge in [0.2, 0.25) is 11.8 Å². The third-order valence-electron chi connectivity index (χ3n) is 5.64. The highest BCUT2D eigenvalue weighted by Gasteiger charge is 2.29. The van der Waals surface area contributed by atoms with Crippen LogP contribution in [0.25, 0.3) is 11.3 Å². The predicted octanol–water partition coefficient (Wildman–Crippen LogP) is 3.23. The van der Waals surface area contributed by atoms with E-state index in [4.69, 9.17) is 14.0 Å². The molecule has 1 atom stereocenters. The van der Waals surface area contributed by atoms with E-state index in [1.165, 1.54) is 12.1 Å². The number of amides is 1. The molecule has 2 fully saturated rings. The first-order chi connectivity index (χ1) is 14.7. The quantitative estimate of drug-likeness (QED) is 0.689. The third kappa shape index (κ3) is 4.65. The summed E-state index contributed by atoms with van der Waals surface area (Å²) < 4.78 is 30.5. The van der Waals surface area contributed by atoms with Crippen molar-refractivity contribution in [3.8, 4) is 11.3 Å². The van der Waals surface area contributed by atoms with Crippen LogP contribution in [0, 0.1) is 5.82 Å². The van der Waals surface area contributed by atoms with Gasteiger partial charge >= 0.3 is 0 Å². The number of rotatable bonds is 7. The molecule has 1 aromatic heterocycles. The Balaban J connectivity index is 1.67. The second-order valence-electron chi connectivity index (χ2n) is 7.68. The van der Waals surface area contributed by atoms with Gasteiger partial charge in [0, 0.05) is 38.2 Å². The predicted molar refractivity (Wildman–Crippen MR) is 110 cm³/mol. The number of carbonyl (C=O) groups is 1. The van der Waals surface area contributed by atoms with Crippen molar-refractivity contribution in [3.05, 3.63) is 35.6 Å². The number of hydrogen-bond donors (Lipinski definition) is 0. The second-order valence-corrected chi connectivity index (χ2v) is 7.68. The Kier molecular flexibility index (Phi) is 6.64. The Morgan fingerprint density at radius 2 is 2.00 bits per heavy atom. The average molecular weight is 417 g/mol. The van der Waals surface area contributed by atoms with Gasteiger partial charge in [-0.15, -0.1) is 0 Å². The van der Waals surface area contributed by atoms with Gasteiger partial charge in [-0.3, -0.25) is 4.79 Å². The van der Waals surface area contributed by atoms with Crippen LogP contribution < -0.4 is 4.90 Å². The van der Waals surface area contributed by atoms with Gasteiger partial charge in [0.15, 0.2) is 0 Å². The summed E-state index contributed by atoms with van der Waals surface area (Å²) in [5, 5.41) is 4.31. The number of ether oxygens (including phenoxy) is 2. The monoisotopic (exact) mass is 417 g/mol. The standard InChI is InChI=1S/C22H28FN3O4/c1-2-20(27)26(14-18-4-3-11-29-18)15-19-21(16-5-7-17(23)8-6-16)24-30-22(19)25-9-12-28-13-10-25/h5-8,18H,2-4,9-15H2,1H3/t18-/m1/s1. The van der Waals surface area contributed by atoms with Gasteiger partial charge in [0.25, 0.3) is 0 Å². The number of carbonyl (C=O) groups excluding carboxylic acids is 1. The van der Waals surface area contributed by atoms with E-state index in [1.807, 2.05) is 11.8 Å². The molecule has 0 spiro atoms. The van der Waals surface area contributed by atoms with Crippen molar-refractivity contribution < 1.29 is 23.2 Å². The third-order valence-corrected chi connectivity index (χ3v) is 5.64. The summed E-state index contributed by atoms with van der Waals surface area (Å²) in [6, 6.07) is 6.19. The van der Waals surface area contributed by atoms with Crippen LogP contribution in [0.2, 0.25) is 0 Å². The highest BCUT2D eigenvalue weighted by Crippen LogP contribution is 2.33. The summed E-state index contributed by atoms with van der Waals surface area (Å²) in [7, 11) is 0. The molecule has 162 valence electrons. The van der Waals surface area contributed by atoms with Gasteiger partial charge in [-0.05, 0) is 37.1 Å². The Morgan fingerprint density at radius 1 is 1.23 bits per heavy atom. The number of benzene rings is 1. The molecular formula is C22H28FN3O4. The van der Waals surface area contributed by atoms with Gasteiger partial charge in [-0.1, -0.05) is 12.1 Å². The first kappa shape index (κ1) is 20.8. The van der Waals surface area contributed by atoms with Crippen molar-refractivity contribution in [2.45, 2.75) is 38.8 Å². The number of halogens is 1. The molecule has 2 aliphatic heterocycles. The van der Waals surface area contributed by atoms with Crippen molar-refractivity contribution in [3.63, 3.8) is 0 Å². The summed E-state index contributed by atoms with van der Waals surface area (Å²) in [6.45, 7) is 6.13. The van der Waals surface area contributed by atoms with Crippen LogP contribution in [0.1, 0.15) is 31.7 Å². The average Bonchev–Trinajstić information content (AvgIpc) is 3.44. The van der Waals surface area contributed by atoms with Gasteiger partial charge in [0.1, 0.15) is 11.5 Å². The summed E-state index contributed by atoms with van der Waals surface area (Å²) in [5.41, 5.74) is 2.23. The van der Waals surface area contributed by atoms with Crippen molar-refractivity contribution in [1.82, 2.24) is 10.1 Å². The van der Waals surface area contributed by atoms with E-state index in [2.05, 4.69) is 10.1 Å². The van der Waals surface area contributed by atoms with Crippen molar-refractivity contribution in [1.29, 1.82) is 0 Å². The zero-order valence-electron chi connectivity index (χ0n) is 17.3. The van der Waals surface area contributed by atoms with Crippen molar-refractivity contribution >= 4 is 11.8 Å². The van der Waals surface area contributed by atoms with Crippen LogP contribution in [0.3, 0.4) is 0 Å². The van der Waals surface area contributed by atoms with Crippen LogP contribution in [0.4, 0.5) is 10.3 Å². The number of hydrogen-bond acceptors (Lipinski definition) is 6. The van der Waals surface area contributed by atoms with E-state index in [0.717, 1.165) is 30.6 Å². The van der Waals surface area contributed by atoms with Crippen molar-refractivity contribution in [2.75, 3.05) is 44.4 Å². The number of morpholine rings is 1. The maximum Gasteiger partial charge on any atom is 0.233 e. The molecule has 0 unspecified atom stereocenters. The molecular weight excluding hydrogens is 389 g/mol. The fraction of sp³-hybridized carbons (Fsp3) is 0.545. The smallest absolute Gasteiger partial charge is 0.233 e. The van der Waals surface area contributed by atoms with Gasteiger partial charge in [-0.2, -0.15) is 0 Å². The molecule has 0 bridgehead atoms. The molecule has 2 aliphatic rings. The molecule has 0 aliphatic carbocycles. The Morgan fingerprint density at radius 3 is 2.67 bits per heavy atom. The number of nitrogens with zero attached hydrogens (tertiary/aromatic N) is 3. The normalized spacial score (nSPS) is 19.3. The lowest BCUT2D eigenvalue weighted by atomic mass is 10.1. The van der Waals surface area contributed by atoms with E-state index >= 15 is 0 Å². The minimum Gasteiger partial charge on any atom is -0.378 e. The van der Waals surface area contributed by atoms with E-state index in [0.29, 0.717) is 57.4 Å². The first-order valence-corrected chi connectivity index (χ1v) is 10.6. The SMILES string of the molecule is CCC(=O)N(Cc1c(-c2ccc(F)cc2)noc1N1CCOCC1)C[C@H]1CCCO1. The molecule has 4 rings (SSSR count). The van der Waals surface area contributed by atoms with Crippen LogP contribution in [0.5, 0.6) is 0 Å². The Hall–Kier alpha value is -2.45. The van der Waals surface area contributed by atoms with Gasteiger partial charge in [0.05, 0.1) is 31.4 Å². The highest BCUT2D eigenvalue weighted by atomic mass is 19.1. The molecule has 0 radical (unpaired) electrons. The van der Waals surface area contributed by atoms with E-state index in [9.17, 15) is 9.18 Å². The number of anilines is 1. The number of aromatic nitrogens is 1. The zero-order valence-corrected chi connectivity index (χ0v) is 17.3. The lowest BCUT2D eigenvalue weighted by molar-refractivity contribution is -0.133. The molecule has 0 N–H and O–H groups in total. The lowest BCUT2D eigenvalue weighted by Crippen LogP contribution is -2.39. The summed E-state index contributed by atoms with van der Waals surface area (Å²) >= 11 is 0. The second kappa shape index (κ2) is 9.57. The fourth-order valence-electron chi connectivity index (χ4n) is 4.00. The maximum absolute atomic E-state index is 13.5. The molecule has 1 amide bonds. The summed E-state index contributed by atoms with van der Waals surface area (Å²) in [5.74, 6) is 0.405. The molecule has 8 heteroatoms. The maximum atomic E-state index is 13.5. The fourth-order valence-corrected chi connectivity index (χ4v) is 4.00.